The molecule has 186 valence electrons. The Morgan fingerprint density at radius 3 is 2.41 bits per heavy atom. The van der Waals surface area contributed by atoms with Gasteiger partial charge in [0.1, 0.15) is 0 Å². The molecule has 2 aromatic rings. The quantitative estimate of drug-likeness (QED) is 0.635. The number of aliphatic hydroxyl groups excluding tert-OH is 1. The molecule has 7 nitrogen and oxygen atoms in total. The molecule has 0 aromatic heterocycles. The molecule has 2 aliphatic heterocycles. The van der Waals surface area contributed by atoms with Crippen molar-refractivity contribution in [3.05, 3.63) is 59.7 Å². The second-order valence-corrected chi connectivity index (χ2v) is 10.5. The van der Waals surface area contributed by atoms with Crippen LogP contribution in [0, 0.1) is 6.92 Å². The van der Waals surface area contributed by atoms with Crippen molar-refractivity contribution in [2.24, 2.45) is 0 Å². The molecule has 11 heteroatoms. The van der Waals surface area contributed by atoms with E-state index in [9.17, 15) is 26.7 Å². The molecule has 2 fully saturated rings. The van der Waals surface area contributed by atoms with Crippen LogP contribution in [0.4, 0.5) is 18.9 Å². The highest BCUT2D eigenvalue weighted by molar-refractivity contribution is 7.89. The summed E-state index contributed by atoms with van der Waals surface area (Å²) in [5.74, 6) is 0. The number of benzene rings is 2. The van der Waals surface area contributed by atoms with Crippen molar-refractivity contribution in [2.45, 2.75) is 36.2 Å². The average Bonchev–Trinajstić information content (AvgIpc) is 3.12. The maximum atomic E-state index is 13.0. The largest absolute Gasteiger partial charge is 0.416 e. The minimum Gasteiger partial charge on any atom is -0.389 e. The summed E-state index contributed by atoms with van der Waals surface area (Å²) in [6.07, 6.45) is -5.96. The topological polar surface area (TPSA) is 82.1 Å². The first kappa shape index (κ1) is 24.9. The summed E-state index contributed by atoms with van der Waals surface area (Å²) < 4.78 is 72.5. The summed E-state index contributed by atoms with van der Waals surface area (Å²) >= 11 is 0. The summed E-state index contributed by atoms with van der Waals surface area (Å²) in [4.78, 5) is 4.09. The molecule has 2 N–H and O–H groups in total. The van der Waals surface area contributed by atoms with Crippen molar-refractivity contribution in [1.29, 1.82) is 0 Å². The van der Waals surface area contributed by atoms with E-state index in [-0.39, 0.29) is 11.5 Å². The summed E-state index contributed by atoms with van der Waals surface area (Å²) in [5.41, 5.74) is 0.794. The summed E-state index contributed by atoms with van der Waals surface area (Å²) in [5, 5.41) is 10.7. The highest BCUT2D eigenvalue weighted by atomic mass is 32.2. The third-order valence-corrected chi connectivity index (χ3v) is 7.78. The van der Waals surface area contributed by atoms with Crippen molar-refractivity contribution in [3.63, 3.8) is 0 Å². The fraction of sp³-hybridized carbons (Fsp3) is 0.478. The van der Waals surface area contributed by atoms with Crippen LogP contribution in [0.5, 0.6) is 0 Å². The molecule has 2 saturated heterocycles. The van der Waals surface area contributed by atoms with Gasteiger partial charge in [-0.1, -0.05) is 23.8 Å². The molecule has 2 heterocycles. The van der Waals surface area contributed by atoms with E-state index in [1.165, 1.54) is 18.2 Å². The Hall–Kier alpha value is -2.18. The Morgan fingerprint density at radius 2 is 1.76 bits per heavy atom. The number of nitrogens with zero attached hydrogens (tertiary/aromatic N) is 2. The molecule has 34 heavy (non-hydrogen) atoms. The van der Waals surface area contributed by atoms with Crippen LogP contribution in [0.1, 0.15) is 11.1 Å². The van der Waals surface area contributed by atoms with E-state index in [2.05, 4.69) is 9.62 Å². The number of piperazine rings is 1. The van der Waals surface area contributed by atoms with Gasteiger partial charge in [0.2, 0.25) is 10.0 Å². The zero-order chi connectivity index (χ0) is 24.5. The SMILES string of the molecule is Cc1ccc(S(=O)(=O)NC2COC(CN3CCN(c4cccc(C(F)(F)F)c4)CC3)C2O)cc1. The molecule has 2 aliphatic rings. The average molecular weight is 500 g/mol. The standard InChI is InChI=1S/C23H28F3N3O4S/c1-16-5-7-19(8-6-16)34(31,32)27-20-15-33-21(22(20)30)14-28-9-11-29(12-10-28)18-4-2-3-17(13-18)23(24,25)26/h2-8,13,20-22,27,30H,9-12,14-15H2,1H3. The van der Waals surface area contributed by atoms with Crippen LogP contribution in [-0.4, -0.2) is 76.0 Å². The Kier molecular flexibility index (Phi) is 7.20. The number of hydrogen-bond donors (Lipinski definition) is 2. The molecule has 3 atom stereocenters. The van der Waals surface area contributed by atoms with Gasteiger partial charge in [-0.25, -0.2) is 13.1 Å². The van der Waals surface area contributed by atoms with E-state index in [1.807, 2.05) is 11.8 Å². The van der Waals surface area contributed by atoms with Gasteiger partial charge in [0.05, 0.1) is 35.3 Å². The van der Waals surface area contributed by atoms with E-state index in [4.69, 9.17) is 4.74 Å². The smallest absolute Gasteiger partial charge is 0.389 e. The predicted molar refractivity (Wildman–Crippen MR) is 121 cm³/mol. The molecule has 4 rings (SSSR count). The lowest BCUT2D eigenvalue weighted by molar-refractivity contribution is -0.137. The molecule has 3 unspecified atom stereocenters. The lowest BCUT2D eigenvalue weighted by Gasteiger charge is -2.37. The molecular formula is C23H28F3N3O4S. The highest BCUT2D eigenvalue weighted by Gasteiger charge is 2.39. The number of alkyl halides is 3. The van der Waals surface area contributed by atoms with E-state index in [0.717, 1.165) is 17.7 Å². The zero-order valence-corrected chi connectivity index (χ0v) is 19.5. The fourth-order valence-electron chi connectivity index (χ4n) is 4.25. The Labute approximate surface area is 197 Å². The van der Waals surface area contributed by atoms with Crippen molar-refractivity contribution in [3.8, 4) is 0 Å². The van der Waals surface area contributed by atoms with Crippen LogP contribution in [0.3, 0.4) is 0 Å². The summed E-state index contributed by atoms with van der Waals surface area (Å²) in [6.45, 7) is 4.57. The van der Waals surface area contributed by atoms with Crippen LogP contribution in [0.15, 0.2) is 53.4 Å². The first-order valence-electron chi connectivity index (χ1n) is 11.1. The Morgan fingerprint density at radius 1 is 1.09 bits per heavy atom. The van der Waals surface area contributed by atoms with Crippen molar-refractivity contribution < 1.29 is 31.4 Å². The number of aliphatic hydroxyl groups is 1. The first-order chi connectivity index (χ1) is 16.0. The second kappa shape index (κ2) is 9.82. The maximum Gasteiger partial charge on any atom is 0.416 e. The molecular weight excluding hydrogens is 471 g/mol. The number of hydrogen-bond acceptors (Lipinski definition) is 6. The van der Waals surface area contributed by atoms with Gasteiger partial charge in [-0.05, 0) is 37.3 Å². The van der Waals surface area contributed by atoms with E-state index >= 15 is 0 Å². The van der Waals surface area contributed by atoms with Crippen molar-refractivity contribution >= 4 is 15.7 Å². The van der Waals surface area contributed by atoms with Gasteiger partial charge < -0.3 is 14.7 Å². The van der Waals surface area contributed by atoms with Crippen LogP contribution in [0.25, 0.3) is 0 Å². The van der Waals surface area contributed by atoms with Gasteiger partial charge in [0.15, 0.2) is 0 Å². The van der Waals surface area contributed by atoms with Crippen LogP contribution >= 0.6 is 0 Å². The van der Waals surface area contributed by atoms with Gasteiger partial charge >= 0.3 is 6.18 Å². The Bertz CT molecular complexity index is 1090. The number of halogens is 3. The molecule has 0 aliphatic carbocycles. The number of aryl methyl sites for hydroxylation is 1. The van der Waals surface area contributed by atoms with Gasteiger partial charge in [-0.15, -0.1) is 0 Å². The number of sulfonamides is 1. The van der Waals surface area contributed by atoms with E-state index in [0.29, 0.717) is 38.4 Å². The highest BCUT2D eigenvalue weighted by Crippen LogP contribution is 2.32. The summed E-state index contributed by atoms with van der Waals surface area (Å²) in [7, 11) is -3.79. The Balaban J connectivity index is 1.30. The molecule has 0 amide bonds. The van der Waals surface area contributed by atoms with Crippen molar-refractivity contribution in [2.75, 3.05) is 44.2 Å². The monoisotopic (exact) mass is 499 g/mol. The molecule has 2 aromatic carbocycles. The van der Waals surface area contributed by atoms with E-state index < -0.39 is 40.0 Å². The predicted octanol–water partition coefficient (Wildman–Crippen LogP) is 2.24. The number of rotatable bonds is 6. The number of nitrogens with one attached hydrogen (secondary N) is 1. The number of anilines is 1. The third kappa shape index (κ3) is 5.72. The molecule has 0 spiro atoms. The molecule has 0 radical (unpaired) electrons. The van der Waals surface area contributed by atoms with E-state index in [1.54, 1.807) is 18.2 Å². The third-order valence-electron chi connectivity index (χ3n) is 6.27. The minimum atomic E-state index is -4.38. The lowest BCUT2D eigenvalue weighted by Crippen LogP contribution is -2.51. The maximum absolute atomic E-state index is 13.0. The first-order valence-corrected chi connectivity index (χ1v) is 12.5. The van der Waals surface area contributed by atoms with Crippen LogP contribution < -0.4 is 9.62 Å². The van der Waals surface area contributed by atoms with Gasteiger partial charge in [-0.2, -0.15) is 13.2 Å². The summed E-state index contributed by atoms with van der Waals surface area (Å²) in [6, 6.07) is 11.0. The number of ether oxygens (including phenoxy) is 1. The van der Waals surface area contributed by atoms with Gasteiger partial charge in [-0.3, -0.25) is 4.90 Å². The minimum absolute atomic E-state index is 0.0567. The van der Waals surface area contributed by atoms with Crippen LogP contribution in [-0.2, 0) is 20.9 Å². The van der Waals surface area contributed by atoms with Crippen LogP contribution in [0.2, 0.25) is 0 Å². The second-order valence-electron chi connectivity index (χ2n) is 8.74. The lowest BCUT2D eigenvalue weighted by atomic mass is 10.1. The van der Waals surface area contributed by atoms with Gasteiger partial charge in [0.25, 0.3) is 0 Å². The van der Waals surface area contributed by atoms with Gasteiger partial charge in [0, 0.05) is 38.4 Å². The fourth-order valence-corrected chi connectivity index (χ4v) is 5.49. The zero-order valence-electron chi connectivity index (χ0n) is 18.7. The molecule has 0 saturated carbocycles. The normalized spacial score (nSPS) is 24.5. The molecule has 0 bridgehead atoms. The van der Waals surface area contributed by atoms with Crippen molar-refractivity contribution in [1.82, 2.24) is 9.62 Å².